The summed E-state index contributed by atoms with van der Waals surface area (Å²) in [5.74, 6) is 0. The highest BCUT2D eigenvalue weighted by Crippen LogP contribution is 2.47. The third-order valence-corrected chi connectivity index (χ3v) is 2.63. The zero-order chi connectivity index (χ0) is 7.90. The predicted molar refractivity (Wildman–Crippen MR) is 45.1 cm³/mol. The summed E-state index contributed by atoms with van der Waals surface area (Å²) in [6.45, 7) is 0. The van der Waals surface area contributed by atoms with E-state index in [0.717, 1.165) is 22.9 Å². The summed E-state index contributed by atoms with van der Waals surface area (Å²) in [7, 11) is 0. The van der Waals surface area contributed by atoms with Crippen LogP contribution in [0.15, 0.2) is 22.9 Å². The van der Waals surface area contributed by atoms with Crippen molar-refractivity contribution in [2.24, 2.45) is 0 Å². The Morgan fingerprint density at radius 1 is 1.55 bits per heavy atom. The van der Waals surface area contributed by atoms with E-state index >= 15 is 0 Å². The standard InChI is InChI=1S/C8H8BrNO/c9-7-5-10-4-1-6(7)8(11)2-3-8/h1,4-5,11H,2-3H2. The molecular weight excluding hydrogens is 206 g/mol. The third-order valence-electron chi connectivity index (χ3n) is 2.00. The van der Waals surface area contributed by atoms with Crippen molar-refractivity contribution in [3.8, 4) is 0 Å². The fourth-order valence-electron chi connectivity index (χ4n) is 1.14. The van der Waals surface area contributed by atoms with Crippen molar-refractivity contribution >= 4 is 15.9 Å². The van der Waals surface area contributed by atoms with Crippen molar-refractivity contribution in [2.75, 3.05) is 0 Å². The van der Waals surface area contributed by atoms with Gasteiger partial charge in [0.15, 0.2) is 0 Å². The zero-order valence-electron chi connectivity index (χ0n) is 5.92. The molecule has 1 aromatic rings. The molecule has 1 aliphatic carbocycles. The van der Waals surface area contributed by atoms with E-state index in [4.69, 9.17) is 0 Å². The molecule has 1 aliphatic rings. The Kier molecular flexibility index (Phi) is 1.51. The van der Waals surface area contributed by atoms with Gasteiger partial charge in [0.05, 0.1) is 5.60 Å². The lowest BCUT2D eigenvalue weighted by molar-refractivity contribution is 0.150. The van der Waals surface area contributed by atoms with E-state index in [1.54, 1.807) is 12.4 Å². The number of hydrogen-bond donors (Lipinski definition) is 1. The van der Waals surface area contributed by atoms with Crippen LogP contribution in [-0.4, -0.2) is 10.1 Å². The molecule has 1 N–H and O–H groups in total. The number of halogens is 1. The van der Waals surface area contributed by atoms with Crippen LogP contribution in [0.2, 0.25) is 0 Å². The van der Waals surface area contributed by atoms with E-state index in [0.29, 0.717) is 0 Å². The van der Waals surface area contributed by atoms with Crippen molar-refractivity contribution in [1.29, 1.82) is 0 Å². The molecule has 0 aromatic carbocycles. The van der Waals surface area contributed by atoms with E-state index in [9.17, 15) is 5.11 Å². The van der Waals surface area contributed by atoms with Gasteiger partial charge in [0.1, 0.15) is 0 Å². The SMILES string of the molecule is OC1(c2ccncc2Br)CC1. The first-order valence-corrected chi connectivity index (χ1v) is 4.34. The van der Waals surface area contributed by atoms with Gasteiger partial charge in [0.25, 0.3) is 0 Å². The number of pyridine rings is 1. The summed E-state index contributed by atoms with van der Waals surface area (Å²) in [6, 6.07) is 1.86. The van der Waals surface area contributed by atoms with E-state index in [1.165, 1.54) is 0 Å². The van der Waals surface area contributed by atoms with E-state index < -0.39 is 5.60 Å². The molecule has 11 heavy (non-hydrogen) atoms. The van der Waals surface area contributed by atoms with E-state index in [1.807, 2.05) is 6.07 Å². The van der Waals surface area contributed by atoms with Crippen LogP contribution in [0.5, 0.6) is 0 Å². The van der Waals surface area contributed by atoms with Gasteiger partial charge in [-0.25, -0.2) is 0 Å². The Labute approximate surface area is 73.4 Å². The largest absolute Gasteiger partial charge is 0.385 e. The van der Waals surface area contributed by atoms with Gasteiger partial charge < -0.3 is 5.11 Å². The second-order valence-corrected chi connectivity index (χ2v) is 3.74. The van der Waals surface area contributed by atoms with Gasteiger partial charge in [0, 0.05) is 22.4 Å². The Morgan fingerprint density at radius 2 is 2.27 bits per heavy atom. The van der Waals surface area contributed by atoms with Crippen LogP contribution in [0, 0.1) is 0 Å². The number of aliphatic hydroxyl groups is 1. The summed E-state index contributed by atoms with van der Waals surface area (Å²) < 4.78 is 0.903. The van der Waals surface area contributed by atoms with Crippen LogP contribution in [0.3, 0.4) is 0 Å². The van der Waals surface area contributed by atoms with Gasteiger partial charge in [-0.2, -0.15) is 0 Å². The van der Waals surface area contributed by atoms with Crippen molar-refractivity contribution < 1.29 is 5.11 Å². The molecular formula is C8H8BrNO. The van der Waals surface area contributed by atoms with Gasteiger partial charge in [-0.3, -0.25) is 4.98 Å². The summed E-state index contributed by atoms with van der Waals surface area (Å²) in [5, 5.41) is 9.72. The van der Waals surface area contributed by atoms with Crippen LogP contribution < -0.4 is 0 Å². The normalized spacial score (nSPS) is 19.8. The molecule has 1 heterocycles. The lowest BCUT2D eigenvalue weighted by atomic mass is 10.1. The maximum Gasteiger partial charge on any atom is 0.0910 e. The van der Waals surface area contributed by atoms with Gasteiger partial charge in [-0.15, -0.1) is 0 Å². The quantitative estimate of drug-likeness (QED) is 0.773. The molecule has 1 saturated carbocycles. The molecule has 0 spiro atoms. The number of nitrogens with zero attached hydrogens (tertiary/aromatic N) is 1. The lowest BCUT2D eigenvalue weighted by Crippen LogP contribution is -2.04. The highest BCUT2D eigenvalue weighted by atomic mass is 79.9. The molecule has 1 fully saturated rings. The maximum atomic E-state index is 9.72. The minimum Gasteiger partial charge on any atom is -0.385 e. The van der Waals surface area contributed by atoms with Crippen LogP contribution in [0.25, 0.3) is 0 Å². The Morgan fingerprint density at radius 3 is 2.82 bits per heavy atom. The molecule has 0 bridgehead atoms. The Bertz CT molecular complexity index is 283. The highest BCUT2D eigenvalue weighted by Gasteiger charge is 2.43. The van der Waals surface area contributed by atoms with Crippen molar-refractivity contribution in [2.45, 2.75) is 18.4 Å². The lowest BCUT2D eigenvalue weighted by Gasteiger charge is -2.08. The molecule has 2 rings (SSSR count). The van der Waals surface area contributed by atoms with Crippen LogP contribution in [0.1, 0.15) is 18.4 Å². The second-order valence-electron chi connectivity index (χ2n) is 2.89. The zero-order valence-corrected chi connectivity index (χ0v) is 7.50. The Balaban J connectivity index is 2.45. The number of hydrogen-bond acceptors (Lipinski definition) is 2. The minimum atomic E-state index is -0.554. The predicted octanol–water partition coefficient (Wildman–Crippen LogP) is 1.83. The van der Waals surface area contributed by atoms with Gasteiger partial charge in [-0.05, 0) is 34.8 Å². The number of rotatable bonds is 1. The minimum absolute atomic E-state index is 0.554. The highest BCUT2D eigenvalue weighted by molar-refractivity contribution is 9.10. The van der Waals surface area contributed by atoms with Gasteiger partial charge in [-0.1, -0.05) is 0 Å². The van der Waals surface area contributed by atoms with Crippen molar-refractivity contribution in [3.05, 3.63) is 28.5 Å². The average molecular weight is 214 g/mol. The molecule has 2 nitrogen and oxygen atoms in total. The summed E-state index contributed by atoms with van der Waals surface area (Å²) in [6.07, 6.45) is 5.16. The monoisotopic (exact) mass is 213 g/mol. The summed E-state index contributed by atoms with van der Waals surface area (Å²) >= 11 is 3.35. The fraction of sp³-hybridized carbons (Fsp3) is 0.375. The smallest absolute Gasteiger partial charge is 0.0910 e. The molecule has 0 unspecified atom stereocenters. The van der Waals surface area contributed by atoms with Gasteiger partial charge in [0.2, 0.25) is 0 Å². The second kappa shape index (κ2) is 2.29. The molecule has 58 valence electrons. The van der Waals surface area contributed by atoms with Crippen molar-refractivity contribution in [1.82, 2.24) is 4.98 Å². The molecule has 0 aliphatic heterocycles. The molecule has 0 atom stereocenters. The fourth-order valence-corrected chi connectivity index (χ4v) is 1.76. The maximum absolute atomic E-state index is 9.72. The number of aromatic nitrogens is 1. The first-order chi connectivity index (χ1) is 5.22. The summed E-state index contributed by atoms with van der Waals surface area (Å²) in [4.78, 5) is 3.93. The van der Waals surface area contributed by atoms with Crippen LogP contribution in [0.4, 0.5) is 0 Å². The molecule has 0 radical (unpaired) electrons. The summed E-state index contributed by atoms with van der Waals surface area (Å²) in [5.41, 5.74) is 0.411. The first kappa shape index (κ1) is 7.25. The van der Waals surface area contributed by atoms with E-state index in [2.05, 4.69) is 20.9 Å². The van der Waals surface area contributed by atoms with Gasteiger partial charge >= 0.3 is 0 Å². The Hall–Kier alpha value is -0.410. The van der Waals surface area contributed by atoms with Crippen molar-refractivity contribution in [3.63, 3.8) is 0 Å². The molecule has 1 aromatic heterocycles. The molecule has 0 amide bonds. The molecule has 0 saturated heterocycles. The third kappa shape index (κ3) is 1.19. The topological polar surface area (TPSA) is 33.1 Å². The average Bonchev–Trinajstić information content (AvgIpc) is 2.70. The van der Waals surface area contributed by atoms with Crippen LogP contribution in [-0.2, 0) is 5.60 Å². The van der Waals surface area contributed by atoms with Crippen LogP contribution >= 0.6 is 15.9 Å². The first-order valence-electron chi connectivity index (χ1n) is 3.55. The van der Waals surface area contributed by atoms with E-state index in [-0.39, 0.29) is 0 Å². The molecule has 3 heteroatoms.